The van der Waals surface area contributed by atoms with Crippen LogP contribution in [-0.2, 0) is 10.0 Å². The molecular formula is C23H34N2O3S. The van der Waals surface area contributed by atoms with Crippen molar-refractivity contribution < 1.29 is 13.2 Å². The molecule has 1 aromatic carbocycles. The highest BCUT2D eigenvalue weighted by molar-refractivity contribution is 7.89. The summed E-state index contributed by atoms with van der Waals surface area (Å²) in [7, 11) is -3.51. The van der Waals surface area contributed by atoms with E-state index < -0.39 is 10.0 Å². The van der Waals surface area contributed by atoms with Gasteiger partial charge in [0, 0.05) is 30.7 Å². The van der Waals surface area contributed by atoms with Gasteiger partial charge < -0.3 is 4.90 Å². The number of piperidine rings is 1. The van der Waals surface area contributed by atoms with Crippen molar-refractivity contribution in [3.63, 3.8) is 0 Å². The lowest BCUT2D eigenvalue weighted by Gasteiger charge is -2.35. The summed E-state index contributed by atoms with van der Waals surface area (Å²) in [5.74, 6) is 0.817. The van der Waals surface area contributed by atoms with Crippen LogP contribution >= 0.6 is 0 Å². The molecule has 2 saturated carbocycles. The van der Waals surface area contributed by atoms with Gasteiger partial charge in [-0.15, -0.1) is 0 Å². The summed E-state index contributed by atoms with van der Waals surface area (Å²) in [5.41, 5.74) is 0.613. The standard InChI is InChI=1S/C23H34N2O3S/c1-17-14-18(2)16-24(15-17)29(27,28)22-12-8-19(9-13-22)23(26)25(21-10-11-21)20-6-4-3-5-7-20/h8-9,12-13,17-18,20-21H,3-7,10-11,14-16H2,1-2H3. The van der Waals surface area contributed by atoms with Crippen molar-refractivity contribution in [1.82, 2.24) is 9.21 Å². The highest BCUT2D eigenvalue weighted by atomic mass is 32.2. The normalized spacial score (nSPS) is 27.0. The Labute approximate surface area is 175 Å². The van der Waals surface area contributed by atoms with Gasteiger partial charge in [-0.3, -0.25) is 4.79 Å². The van der Waals surface area contributed by atoms with Crippen molar-refractivity contribution in [2.45, 2.75) is 82.2 Å². The molecule has 0 spiro atoms. The molecular weight excluding hydrogens is 384 g/mol. The molecule has 1 aliphatic heterocycles. The van der Waals surface area contributed by atoms with Gasteiger partial charge in [-0.1, -0.05) is 33.1 Å². The van der Waals surface area contributed by atoms with Crippen LogP contribution in [0.3, 0.4) is 0 Å². The maximum atomic E-state index is 13.2. The minimum absolute atomic E-state index is 0.0727. The second-order valence-electron chi connectivity index (χ2n) is 9.53. The largest absolute Gasteiger partial charge is 0.333 e. The van der Waals surface area contributed by atoms with Crippen LogP contribution in [-0.4, -0.2) is 48.7 Å². The molecule has 0 bridgehead atoms. The van der Waals surface area contributed by atoms with Gasteiger partial charge in [0.05, 0.1) is 4.90 Å². The van der Waals surface area contributed by atoms with Gasteiger partial charge in [-0.2, -0.15) is 4.31 Å². The van der Waals surface area contributed by atoms with E-state index in [0.717, 1.165) is 32.1 Å². The minimum Gasteiger partial charge on any atom is -0.333 e. The average Bonchev–Trinajstić information content (AvgIpc) is 3.53. The fourth-order valence-electron chi connectivity index (χ4n) is 5.21. The summed E-state index contributed by atoms with van der Waals surface area (Å²) < 4.78 is 27.8. The van der Waals surface area contributed by atoms with Crippen molar-refractivity contribution in [3.8, 4) is 0 Å². The van der Waals surface area contributed by atoms with Crippen LogP contribution in [0.2, 0.25) is 0 Å². The molecule has 4 rings (SSSR count). The SMILES string of the molecule is CC1CC(C)CN(S(=O)(=O)c2ccc(C(=O)N(C3CCCCC3)C3CC3)cc2)C1. The Balaban J connectivity index is 1.51. The summed E-state index contributed by atoms with van der Waals surface area (Å²) >= 11 is 0. The monoisotopic (exact) mass is 418 g/mol. The Kier molecular flexibility index (Phi) is 6.03. The van der Waals surface area contributed by atoms with Crippen molar-refractivity contribution in [1.29, 1.82) is 0 Å². The van der Waals surface area contributed by atoms with Gasteiger partial charge in [0.15, 0.2) is 0 Å². The average molecular weight is 419 g/mol. The van der Waals surface area contributed by atoms with E-state index in [1.54, 1.807) is 28.6 Å². The summed E-state index contributed by atoms with van der Waals surface area (Å²) in [6.07, 6.45) is 9.12. The Morgan fingerprint density at radius 2 is 1.45 bits per heavy atom. The van der Waals surface area contributed by atoms with E-state index in [-0.39, 0.29) is 5.91 Å². The topological polar surface area (TPSA) is 57.7 Å². The summed E-state index contributed by atoms with van der Waals surface area (Å²) in [6, 6.07) is 7.40. The van der Waals surface area contributed by atoms with Crippen molar-refractivity contribution in [3.05, 3.63) is 29.8 Å². The van der Waals surface area contributed by atoms with Crippen LogP contribution in [0.4, 0.5) is 0 Å². The first kappa shape index (κ1) is 20.9. The van der Waals surface area contributed by atoms with Gasteiger partial charge >= 0.3 is 0 Å². The third-order valence-electron chi connectivity index (χ3n) is 6.72. The molecule has 1 heterocycles. The maximum absolute atomic E-state index is 13.2. The highest BCUT2D eigenvalue weighted by Crippen LogP contribution is 2.35. The van der Waals surface area contributed by atoms with Crippen LogP contribution < -0.4 is 0 Å². The quantitative estimate of drug-likeness (QED) is 0.717. The summed E-state index contributed by atoms with van der Waals surface area (Å²) in [6.45, 7) is 5.37. The number of carbonyl (C=O) groups is 1. The number of rotatable bonds is 5. The predicted octanol–water partition coefficient (Wildman–Crippen LogP) is 4.29. The first-order chi connectivity index (χ1) is 13.9. The molecule has 0 radical (unpaired) electrons. The third-order valence-corrected chi connectivity index (χ3v) is 8.56. The number of hydrogen-bond donors (Lipinski definition) is 0. The molecule has 2 aliphatic carbocycles. The summed E-state index contributed by atoms with van der Waals surface area (Å²) in [5, 5.41) is 0. The number of benzene rings is 1. The lowest BCUT2D eigenvalue weighted by atomic mass is 9.93. The van der Waals surface area contributed by atoms with Gasteiger partial charge in [-0.05, 0) is 68.2 Å². The Bertz CT molecular complexity index is 816. The molecule has 1 saturated heterocycles. The zero-order valence-electron chi connectivity index (χ0n) is 17.7. The second-order valence-corrected chi connectivity index (χ2v) is 11.5. The number of sulfonamides is 1. The van der Waals surface area contributed by atoms with Crippen molar-refractivity contribution in [2.75, 3.05) is 13.1 Å². The Morgan fingerprint density at radius 1 is 0.897 bits per heavy atom. The molecule has 2 unspecified atom stereocenters. The Morgan fingerprint density at radius 3 is 2.00 bits per heavy atom. The molecule has 0 aromatic heterocycles. The van der Waals surface area contributed by atoms with E-state index in [0.29, 0.717) is 47.5 Å². The number of nitrogens with zero attached hydrogens (tertiary/aromatic N) is 2. The highest BCUT2D eigenvalue weighted by Gasteiger charge is 2.38. The smallest absolute Gasteiger partial charge is 0.254 e. The van der Waals surface area contributed by atoms with Crippen LogP contribution in [0.1, 0.15) is 75.6 Å². The molecule has 3 fully saturated rings. The first-order valence-electron chi connectivity index (χ1n) is 11.3. The van der Waals surface area contributed by atoms with E-state index in [9.17, 15) is 13.2 Å². The Hall–Kier alpha value is -1.40. The first-order valence-corrected chi connectivity index (χ1v) is 12.7. The molecule has 160 valence electrons. The molecule has 2 atom stereocenters. The van der Waals surface area contributed by atoms with Crippen LogP contribution in [0.25, 0.3) is 0 Å². The van der Waals surface area contributed by atoms with Crippen molar-refractivity contribution in [2.24, 2.45) is 11.8 Å². The van der Waals surface area contributed by atoms with Crippen LogP contribution in [0.15, 0.2) is 29.2 Å². The lowest BCUT2D eigenvalue weighted by molar-refractivity contribution is 0.0614. The molecule has 1 amide bonds. The maximum Gasteiger partial charge on any atom is 0.254 e. The molecule has 5 nitrogen and oxygen atoms in total. The van der Waals surface area contributed by atoms with E-state index >= 15 is 0 Å². The third kappa shape index (κ3) is 4.53. The van der Waals surface area contributed by atoms with Gasteiger partial charge in [-0.25, -0.2) is 8.42 Å². The van der Waals surface area contributed by atoms with Gasteiger partial charge in [0.1, 0.15) is 0 Å². The van der Waals surface area contributed by atoms with Crippen LogP contribution in [0, 0.1) is 11.8 Å². The van der Waals surface area contributed by atoms with E-state index in [1.165, 1.54) is 19.3 Å². The molecule has 1 aromatic rings. The van der Waals surface area contributed by atoms with Crippen LogP contribution in [0.5, 0.6) is 0 Å². The molecule has 6 heteroatoms. The zero-order chi connectivity index (χ0) is 20.6. The number of amides is 1. The lowest BCUT2D eigenvalue weighted by Crippen LogP contribution is -2.43. The summed E-state index contributed by atoms with van der Waals surface area (Å²) in [4.78, 5) is 15.6. The van der Waals surface area contributed by atoms with E-state index in [2.05, 4.69) is 18.7 Å². The zero-order valence-corrected chi connectivity index (χ0v) is 18.5. The molecule has 0 N–H and O–H groups in total. The van der Waals surface area contributed by atoms with E-state index in [4.69, 9.17) is 0 Å². The minimum atomic E-state index is -3.51. The molecule has 29 heavy (non-hydrogen) atoms. The fourth-order valence-corrected chi connectivity index (χ4v) is 6.89. The van der Waals surface area contributed by atoms with Gasteiger partial charge in [0.2, 0.25) is 10.0 Å². The number of carbonyl (C=O) groups excluding carboxylic acids is 1. The second kappa shape index (κ2) is 8.38. The van der Waals surface area contributed by atoms with E-state index in [1.807, 2.05) is 0 Å². The number of hydrogen-bond acceptors (Lipinski definition) is 3. The molecule has 3 aliphatic rings. The predicted molar refractivity (Wildman–Crippen MR) is 114 cm³/mol. The van der Waals surface area contributed by atoms with Gasteiger partial charge in [0.25, 0.3) is 5.91 Å². The van der Waals surface area contributed by atoms with Crippen molar-refractivity contribution >= 4 is 15.9 Å². The fraction of sp³-hybridized carbons (Fsp3) is 0.696.